The SMILES string of the molecule is Nc1c(F)cc(C(=O)N2CCN(Cc3ccc(C(O)(C(F)(F)F)C(F)(F)F)cc3)CC2)cc1F.O=C(Nc1ccncc1)Nc1c(F)cc(C(=O)N2CCN(Cc3ccc(C(O)(C(F)(F)F)C(F)(F)F)cc3)CC2)cc1F. The van der Waals surface area contributed by atoms with Crippen molar-refractivity contribution in [1.29, 1.82) is 0 Å². The van der Waals surface area contributed by atoms with Crippen molar-refractivity contribution in [2.24, 2.45) is 0 Å². The summed E-state index contributed by atoms with van der Waals surface area (Å²) in [5.41, 5.74) is -8.46. The molecule has 5 aromatic rings. The number of nitrogens with two attached hydrogens (primary N) is 1. The smallest absolute Gasteiger partial charge is 0.394 e. The molecular formula is C48H42F16N8O5. The predicted octanol–water partition coefficient (Wildman–Crippen LogP) is 9.09. The summed E-state index contributed by atoms with van der Waals surface area (Å²) < 4.78 is 213. The number of nitrogen functional groups attached to an aromatic ring is 1. The summed E-state index contributed by atoms with van der Waals surface area (Å²) in [6, 6.07) is 11.6. The molecule has 2 saturated heterocycles. The maximum atomic E-state index is 14.7. The van der Waals surface area contributed by atoms with E-state index in [-0.39, 0.29) is 63.5 Å². The van der Waals surface area contributed by atoms with E-state index in [0.29, 0.717) is 54.2 Å². The fourth-order valence-electron chi connectivity index (χ4n) is 8.01. The monoisotopic (exact) mass is 1110 g/mol. The van der Waals surface area contributed by atoms with Crippen molar-refractivity contribution in [3.05, 3.63) is 154 Å². The maximum Gasteiger partial charge on any atom is 0.430 e. The molecule has 0 unspecified atom stereocenters. The molecule has 77 heavy (non-hydrogen) atoms. The molecule has 0 atom stereocenters. The van der Waals surface area contributed by atoms with Crippen LogP contribution in [0, 0.1) is 23.3 Å². The molecule has 4 aromatic carbocycles. The molecule has 0 radical (unpaired) electrons. The van der Waals surface area contributed by atoms with Crippen molar-refractivity contribution in [1.82, 2.24) is 24.6 Å². The average molecular weight is 1110 g/mol. The Kier molecular flexibility index (Phi) is 17.4. The van der Waals surface area contributed by atoms with Crippen LogP contribution in [0.25, 0.3) is 0 Å². The molecule has 2 aliphatic rings. The van der Waals surface area contributed by atoms with Crippen molar-refractivity contribution in [3.63, 3.8) is 0 Å². The van der Waals surface area contributed by atoms with Crippen LogP contribution >= 0.6 is 0 Å². The van der Waals surface area contributed by atoms with Gasteiger partial charge in [0, 0.05) is 106 Å². The molecule has 13 nitrogen and oxygen atoms in total. The number of aliphatic hydroxyl groups is 2. The molecular weight excluding hydrogens is 1070 g/mol. The Balaban J connectivity index is 0.000000257. The van der Waals surface area contributed by atoms with Crippen LogP contribution in [0.15, 0.2) is 97.3 Å². The summed E-state index contributed by atoms with van der Waals surface area (Å²) in [5, 5.41) is 23.4. The number of anilines is 3. The molecule has 7 rings (SSSR count). The third kappa shape index (κ3) is 13.1. The molecule has 0 saturated carbocycles. The third-order valence-corrected chi connectivity index (χ3v) is 12.3. The number of benzene rings is 4. The van der Waals surface area contributed by atoms with Gasteiger partial charge >= 0.3 is 30.7 Å². The quantitative estimate of drug-likeness (QED) is 0.0677. The first-order valence-corrected chi connectivity index (χ1v) is 22.4. The lowest BCUT2D eigenvalue weighted by atomic mass is 9.91. The van der Waals surface area contributed by atoms with E-state index in [2.05, 4.69) is 15.6 Å². The van der Waals surface area contributed by atoms with Gasteiger partial charge in [0.15, 0.2) is 11.6 Å². The highest BCUT2D eigenvalue weighted by atomic mass is 19.4. The first-order valence-electron chi connectivity index (χ1n) is 22.4. The zero-order valence-corrected chi connectivity index (χ0v) is 39.3. The van der Waals surface area contributed by atoms with Crippen LogP contribution in [-0.2, 0) is 24.3 Å². The van der Waals surface area contributed by atoms with E-state index in [4.69, 9.17) is 5.73 Å². The summed E-state index contributed by atoms with van der Waals surface area (Å²) in [6.07, 6.45) is -21.1. The molecule has 2 aliphatic heterocycles. The lowest BCUT2D eigenvalue weighted by Gasteiger charge is -2.35. The Hall–Kier alpha value is -7.24. The van der Waals surface area contributed by atoms with Gasteiger partial charge in [-0.1, -0.05) is 48.5 Å². The largest absolute Gasteiger partial charge is 0.430 e. The van der Waals surface area contributed by atoms with E-state index < -0.39 is 99.5 Å². The molecule has 2 fully saturated rings. The second-order valence-corrected chi connectivity index (χ2v) is 17.4. The Labute approximate surface area is 425 Å². The molecule has 0 bridgehead atoms. The van der Waals surface area contributed by atoms with Gasteiger partial charge in [0.2, 0.25) is 0 Å². The van der Waals surface area contributed by atoms with Crippen LogP contribution in [-0.4, -0.2) is 130 Å². The van der Waals surface area contributed by atoms with Crippen molar-refractivity contribution in [3.8, 4) is 0 Å². The minimum atomic E-state index is -5.99. The average Bonchev–Trinajstić information content (AvgIpc) is 3.37. The van der Waals surface area contributed by atoms with Gasteiger partial charge in [-0.3, -0.25) is 24.4 Å². The minimum Gasteiger partial charge on any atom is -0.394 e. The predicted molar refractivity (Wildman–Crippen MR) is 241 cm³/mol. The van der Waals surface area contributed by atoms with E-state index in [0.717, 1.165) is 48.5 Å². The summed E-state index contributed by atoms with van der Waals surface area (Å²) in [6.45, 7) is 1.90. The summed E-state index contributed by atoms with van der Waals surface area (Å²) in [5.74, 6) is -5.79. The highest BCUT2D eigenvalue weighted by Crippen LogP contribution is 2.51. The second kappa shape index (κ2) is 22.8. The van der Waals surface area contributed by atoms with Gasteiger partial charge < -0.3 is 36.4 Å². The number of alkyl halides is 12. The Morgan fingerprint density at radius 3 is 1.14 bits per heavy atom. The lowest BCUT2D eigenvalue weighted by Crippen LogP contribution is -2.53. The van der Waals surface area contributed by atoms with Gasteiger partial charge in [-0.25, -0.2) is 22.4 Å². The van der Waals surface area contributed by atoms with Gasteiger partial charge in [0.05, 0.1) is 0 Å². The van der Waals surface area contributed by atoms with E-state index >= 15 is 0 Å². The van der Waals surface area contributed by atoms with Crippen LogP contribution in [0.5, 0.6) is 0 Å². The number of carbonyl (C=O) groups excluding carboxylic acids is 3. The fraction of sp³-hybridized carbons (Fsp3) is 0.333. The van der Waals surface area contributed by atoms with Crippen LogP contribution in [0.4, 0.5) is 92.1 Å². The number of piperazine rings is 2. The number of amides is 4. The number of rotatable bonds is 10. The first-order chi connectivity index (χ1) is 35.7. The lowest BCUT2D eigenvalue weighted by molar-refractivity contribution is -0.376. The van der Waals surface area contributed by atoms with Gasteiger partial charge in [0.25, 0.3) is 23.0 Å². The molecule has 0 aliphatic carbocycles. The van der Waals surface area contributed by atoms with Crippen molar-refractivity contribution < 1.29 is 94.8 Å². The molecule has 416 valence electrons. The maximum absolute atomic E-state index is 14.7. The summed E-state index contributed by atoms with van der Waals surface area (Å²) in [7, 11) is 0. The Morgan fingerprint density at radius 2 is 0.818 bits per heavy atom. The van der Waals surface area contributed by atoms with E-state index in [1.807, 2.05) is 0 Å². The van der Waals surface area contributed by atoms with Crippen molar-refractivity contribution in [2.75, 3.05) is 68.7 Å². The Bertz CT molecular complexity index is 2820. The number of urea groups is 1. The van der Waals surface area contributed by atoms with Crippen LogP contribution in [0.1, 0.15) is 43.0 Å². The number of pyridine rings is 1. The highest BCUT2D eigenvalue weighted by Gasteiger charge is 2.72. The van der Waals surface area contributed by atoms with E-state index in [9.17, 15) is 94.8 Å². The molecule has 29 heteroatoms. The molecule has 0 spiro atoms. The van der Waals surface area contributed by atoms with Crippen molar-refractivity contribution >= 4 is 34.9 Å². The molecule has 1 aromatic heterocycles. The second-order valence-electron chi connectivity index (χ2n) is 17.4. The van der Waals surface area contributed by atoms with Crippen molar-refractivity contribution in [2.45, 2.75) is 49.0 Å². The van der Waals surface area contributed by atoms with Crippen LogP contribution in [0.2, 0.25) is 0 Å². The number of nitrogens with one attached hydrogen (secondary N) is 2. The van der Waals surface area contributed by atoms with Crippen LogP contribution in [0.3, 0.4) is 0 Å². The molecule has 3 heterocycles. The number of halogens is 16. The standard InChI is InChI=1S/C27H23F8N5O3.C21H19F8N3O2/c28-20-13-17(14-21(29)22(20)38-24(42)37-19-5-7-36-8-6-19)23(41)40-11-9-39(10-12-40)15-16-1-3-18(4-2-16)25(43,26(30,31)32)27(33,34)35;22-15-9-13(10-16(23)17(15)30)18(33)32-7-5-31(6-8-32)11-12-1-3-14(4-2-12)19(34,20(24,25)26)21(27,28)29/h1-8,13-14,43H,9-12,15H2,(H2,36,37,38,42);1-4,9-10,34H,5-8,11,30H2. The first kappa shape index (κ1) is 59.0. The van der Waals surface area contributed by atoms with Gasteiger partial charge in [-0.05, 0) is 47.5 Å². The normalized spacial score (nSPS) is 15.4. The van der Waals surface area contributed by atoms with Gasteiger partial charge in [0.1, 0.15) is 23.0 Å². The zero-order chi connectivity index (χ0) is 57.1. The number of hydrogen-bond acceptors (Lipinski definition) is 9. The minimum absolute atomic E-state index is 0.108. The molecule has 4 amide bonds. The Morgan fingerprint density at radius 1 is 0.494 bits per heavy atom. The van der Waals surface area contributed by atoms with Crippen LogP contribution < -0.4 is 16.4 Å². The zero-order valence-electron chi connectivity index (χ0n) is 39.3. The summed E-state index contributed by atoms with van der Waals surface area (Å²) >= 11 is 0. The van der Waals surface area contributed by atoms with Gasteiger partial charge in [-0.15, -0.1) is 0 Å². The van der Waals surface area contributed by atoms with Gasteiger partial charge in [-0.2, -0.15) is 52.7 Å². The number of aromatic nitrogens is 1. The number of carbonyl (C=O) groups is 3. The number of hydrogen-bond donors (Lipinski definition) is 5. The van der Waals surface area contributed by atoms with E-state index in [1.54, 1.807) is 9.80 Å². The molecule has 6 N–H and O–H groups in total. The summed E-state index contributed by atoms with van der Waals surface area (Å²) in [4.78, 5) is 47.5. The number of nitrogens with zero attached hydrogens (tertiary/aromatic N) is 5. The third-order valence-electron chi connectivity index (χ3n) is 12.3. The topological polar surface area (TPSA) is 168 Å². The fourth-order valence-corrected chi connectivity index (χ4v) is 8.01. The van der Waals surface area contributed by atoms with E-state index in [1.165, 1.54) is 34.3 Å². The highest BCUT2D eigenvalue weighted by molar-refractivity contribution is 6.01.